The van der Waals surface area contributed by atoms with Gasteiger partial charge in [-0.1, -0.05) is 0 Å². The van der Waals surface area contributed by atoms with Crippen LogP contribution in [-0.2, 0) is 26.9 Å². The van der Waals surface area contributed by atoms with E-state index in [1.807, 2.05) is 0 Å². The fraction of sp³-hybridized carbons (Fsp3) is 0.357. The summed E-state index contributed by atoms with van der Waals surface area (Å²) in [7, 11) is 10.9. The third kappa shape index (κ3) is 6.07. The molecule has 4 aromatic rings. The molecule has 0 aliphatic carbocycles. The molecule has 0 fully saturated rings. The molecule has 0 radical (unpaired) electrons. The van der Waals surface area contributed by atoms with Crippen molar-refractivity contribution in [3.05, 3.63) is 60.2 Å². The van der Waals surface area contributed by atoms with Crippen LogP contribution < -0.4 is 76.0 Å². The Morgan fingerprint density at radius 3 is 1.22 bits per heavy atom. The molecule has 2 aromatic carbocycles. The number of aromatic nitrogens is 2. The highest BCUT2D eigenvalue weighted by molar-refractivity contribution is 5.88. The Balaban J connectivity index is 0.00000228. The summed E-state index contributed by atoms with van der Waals surface area (Å²) in [5.41, 5.74) is 2.60. The van der Waals surface area contributed by atoms with Gasteiger partial charge in [0.25, 0.3) is 0 Å². The van der Waals surface area contributed by atoms with Crippen LogP contribution in [0.5, 0.6) is 23.0 Å². The van der Waals surface area contributed by atoms with Gasteiger partial charge in [-0.05, 0) is 47.9 Å². The molecule has 0 spiro atoms. The summed E-state index contributed by atoms with van der Waals surface area (Å²) in [6.45, 7) is 0. The maximum atomic E-state index is 5.56. The smallest absolute Gasteiger partial charge is 0.189 e. The second kappa shape index (κ2) is 13.5. The fourth-order valence-corrected chi connectivity index (χ4v) is 4.72. The molecule has 36 heavy (non-hydrogen) atoms. The minimum atomic E-state index is 0. The zero-order chi connectivity index (χ0) is 24.2. The molecule has 0 aliphatic heterocycles. The van der Waals surface area contributed by atoms with Gasteiger partial charge in [0.15, 0.2) is 46.8 Å². The third-order valence-corrected chi connectivity index (χ3v) is 6.62. The van der Waals surface area contributed by atoms with Gasteiger partial charge in [-0.2, -0.15) is 0 Å². The number of aryl methyl sites for hydroxylation is 4. The summed E-state index contributed by atoms with van der Waals surface area (Å²) in [5, 5.41) is 4.73. The Morgan fingerprint density at radius 2 is 0.889 bits per heavy atom. The summed E-state index contributed by atoms with van der Waals surface area (Å²) in [6.07, 6.45) is 8.35. The number of hydrogen-bond acceptors (Lipinski definition) is 4. The normalized spacial score (nSPS) is 10.5. The van der Waals surface area contributed by atoms with E-state index >= 15 is 0 Å². The zero-order valence-corrected chi connectivity index (χ0v) is 26.0. The summed E-state index contributed by atoms with van der Waals surface area (Å²) in [6, 6.07) is 12.5. The Bertz CT molecular complexity index is 1240. The lowest BCUT2D eigenvalue weighted by atomic mass is 10.0. The third-order valence-electron chi connectivity index (χ3n) is 6.62. The van der Waals surface area contributed by atoms with Crippen LogP contribution in [0.25, 0.3) is 21.5 Å². The van der Waals surface area contributed by atoms with Gasteiger partial charge in [0.1, 0.15) is 14.1 Å². The number of pyridine rings is 2. The van der Waals surface area contributed by atoms with Gasteiger partial charge in [-0.3, -0.25) is 0 Å². The largest absolute Gasteiger partial charge is 1.00 e. The van der Waals surface area contributed by atoms with Crippen LogP contribution in [0, 0.1) is 0 Å². The molecule has 0 N–H and O–H groups in total. The van der Waals surface area contributed by atoms with Crippen LogP contribution in [0.15, 0.2) is 48.8 Å². The van der Waals surface area contributed by atoms with E-state index in [-0.39, 0.29) is 48.0 Å². The van der Waals surface area contributed by atoms with Crippen molar-refractivity contribution in [3.63, 3.8) is 0 Å². The molecule has 0 aliphatic rings. The zero-order valence-electron chi connectivity index (χ0n) is 21.7. The van der Waals surface area contributed by atoms with Gasteiger partial charge in [0.05, 0.1) is 39.2 Å². The summed E-state index contributed by atoms with van der Waals surface area (Å²) < 4.78 is 26.5. The maximum Gasteiger partial charge on any atom is 0.189 e. The molecule has 0 saturated carbocycles. The molecular formula is C28H34I2N2O4. The summed E-state index contributed by atoms with van der Waals surface area (Å²) in [4.78, 5) is 0. The van der Waals surface area contributed by atoms with Crippen LogP contribution >= 0.6 is 0 Å². The lowest BCUT2D eigenvalue weighted by molar-refractivity contribution is -0.678. The molecule has 0 amide bonds. The van der Waals surface area contributed by atoms with Crippen molar-refractivity contribution in [1.82, 2.24) is 0 Å². The second-order valence-electron chi connectivity index (χ2n) is 8.54. The van der Waals surface area contributed by atoms with Gasteiger partial charge in [0.2, 0.25) is 0 Å². The molecule has 4 rings (SSSR count). The van der Waals surface area contributed by atoms with E-state index in [1.54, 1.807) is 28.4 Å². The Hall–Kier alpha value is -2.08. The quantitative estimate of drug-likeness (QED) is 0.117. The number of methoxy groups -OCH3 is 4. The number of ether oxygens (including phenoxy) is 4. The monoisotopic (exact) mass is 716 g/mol. The highest BCUT2D eigenvalue weighted by atomic mass is 127. The molecule has 194 valence electrons. The molecule has 6 nitrogen and oxygen atoms in total. The van der Waals surface area contributed by atoms with E-state index in [0.717, 1.165) is 59.5 Å². The van der Waals surface area contributed by atoms with E-state index in [9.17, 15) is 0 Å². The van der Waals surface area contributed by atoms with E-state index in [1.165, 1.54) is 22.2 Å². The first-order valence-electron chi connectivity index (χ1n) is 11.6. The van der Waals surface area contributed by atoms with E-state index in [4.69, 9.17) is 18.9 Å². The van der Waals surface area contributed by atoms with Crippen molar-refractivity contribution in [2.45, 2.75) is 25.7 Å². The standard InChI is InChI=1S/C28H34N2O4.2HI/c1-29-13-11-19-15-25(31-3)27(33-5)17-21(19)23(29)9-7-8-10-24-22-18-28(34-6)26(32-4)16-20(22)12-14-30(24)2;;/h11-18H,7-10H2,1-6H3;2*1H/q+2;;/p-2. The van der Waals surface area contributed by atoms with Crippen LogP contribution in [0.2, 0.25) is 0 Å². The fourth-order valence-electron chi connectivity index (χ4n) is 4.72. The van der Waals surface area contributed by atoms with E-state index < -0.39 is 0 Å². The first-order chi connectivity index (χ1) is 16.5. The number of rotatable bonds is 9. The molecule has 0 unspecified atom stereocenters. The molecule has 2 aromatic heterocycles. The highest BCUT2D eigenvalue weighted by Crippen LogP contribution is 2.34. The predicted molar refractivity (Wildman–Crippen MR) is 133 cm³/mol. The molecule has 2 heterocycles. The van der Waals surface area contributed by atoms with Crippen molar-refractivity contribution in [2.24, 2.45) is 14.1 Å². The Kier molecular flexibility index (Phi) is 11.3. The minimum absolute atomic E-state index is 0. The van der Waals surface area contributed by atoms with Crippen molar-refractivity contribution >= 4 is 21.5 Å². The number of unbranched alkanes of at least 4 members (excludes halogenated alkanes) is 1. The Labute approximate surface area is 247 Å². The van der Waals surface area contributed by atoms with Gasteiger partial charge >= 0.3 is 0 Å². The number of nitrogens with zero attached hydrogens (tertiary/aromatic N) is 2. The van der Waals surface area contributed by atoms with Gasteiger partial charge in [-0.15, -0.1) is 0 Å². The number of halogens is 2. The van der Waals surface area contributed by atoms with Crippen molar-refractivity contribution in [2.75, 3.05) is 28.4 Å². The molecule has 0 saturated heterocycles. The first kappa shape index (κ1) is 30.1. The van der Waals surface area contributed by atoms with E-state index in [0.29, 0.717) is 0 Å². The summed E-state index contributed by atoms with van der Waals surface area (Å²) >= 11 is 0. The van der Waals surface area contributed by atoms with Crippen LogP contribution in [0.1, 0.15) is 24.2 Å². The van der Waals surface area contributed by atoms with Gasteiger partial charge in [-0.25, -0.2) is 9.13 Å². The molecule has 0 atom stereocenters. The lowest BCUT2D eigenvalue weighted by Crippen LogP contribution is -3.00. The van der Waals surface area contributed by atoms with Gasteiger partial charge in [0, 0.05) is 25.0 Å². The Morgan fingerprint density at radius 1 is 0.556 bits per heavy atom. The lowest BCUT2D eigenvalue weighted by Gasteiger charge is -2.11. The molecular weight excluding hydrogens is 682 g/mol. The van der Waals surface area contributed by atoms with E-state index in [2.05, 4.69) is 72.0 Å². The molecule has 0 bridgehead atoms. The van der Waals surface area contributed by atoms with Gasteiger partial charge < -0.3 is 66.9 Å². The maximum absolute atomic E-state index is 5.56. The van der Waals surface area contributed by atoms with Crippen LogP contribution in [0.3, 0.4) is 0 Å². The van der Waals surface area contributed by atoms with Crippen molar-refractivity contribution in [1.29, 1.82) is 0 Å². The minimum Gasteiger partial charge on any atom is -1.00 e. The highest BCUT2D eigenvalue weighted by Gasteiger charge is 2.18. The number of hydrogen-bond donors (Lipinski definition) is 0. The summed E-state index contributed by atoms with van der Waals surface area (Å²) in [5.74, 6) is 3.03. The number of benzene rings is 2. The van der Waals surface area contributed by atoms with Crippen LogP contribution in [-0.4, -0.2) is 28.4 Å². The average Bonchev–Trinajstić information content (AvgIpc) is 2.86. The second-order valence-corrected chi connectivity index (χ2v) is 8.54. The van der Waals surface area contributed by atoms with Crippen LogP contribution in [0.4, 0.5) is 0 Å². The first-order valence-corrected chi connectivity index (χ1v) is 11.6. The topological polar surface area (TPSA) is 44.7 Å². The van der Waals surface area contributed by atoms with Crippen molar-refractivity contribution in [3.8, 4) is 23.0 Å². The molecule has 8 heteroatoms. The average molecular weight is 716 g/mol. The SMILES string of the molecule is COc1cc2cc[n+](C)c(CCCCc3c4cc(OC)c(OC)cc4cc[n+]3C)c2cc1OC.[I-].[I-]. The number of fused-ring (bicyclic) bond motifs is 2. The van der Waals surface area contributed by atoms with Crippen molar-refractivity contribution < 1.29 is 76.0 Å². The predicted octanol–water partition coefficient (Wildman–Crippen LogP) is -1.75.